The maximum Gasteiger partial charge on any atom is 0.293 e. The SMILES string of the molecule is CCC(C)(CC)Nc1cc2nc(C)sc2cc1[N+](=O)[O-]. The van der Waals surface area contributed by atoms with Crippen molar-refractivity contribution in [3.63, 3.8) is 0 Å². The molecule has 0 saturated carbocycles. The van der Waals surface area contributed by atoms with Crippen molar-refractivity contribution in [2.45, 2.75) is 46.1 Å². The third-order valence-corrected chi connectivity index (χ3v) is 4.74. The maximum atomic E-state index is 11.3. The van der Waals surface area contributed by atoms with Gasteiger partial charge in [-0.25, -0.2) is 4.98 Å². The number of anilines is 1. The molecule has 6 heteroatoms. The van der Waals surface area contributed by atoms with Gasteiger partial charge in [0.25, 0.3) is 5.69 Å². The van der Waals surface area contributed by atoms with E-state index < -0.39 is 0 Å². The highest BCUT2D eigenvalue weighted by molar-refractivity contribution is 7.18. The van der Waals surface area contributed by atoms with Crippen LogP contribution in [0.5, 0.6) is 0 Å². The predicted octanol–water partition coefficient (Wildman–Crippen LogP) is 4.50. The predicted molar refractivity (Wildman–Crippen MR) is 83.6 cm³/mol. The first-order valence-corrected chi connectivity index (χ1v) is 7.54. The summed E-state index contributed by atoms with van der Waals surface area (Å²) >= 11 is 1.48. The molecule has 0 saturated heterocycles. The number of benzene rings is 1. The molecule has 0 radical (unpaired) electrons. The number of nitrogens with one attached hydrogen (secondary N) is 1. The zero-order valence-electron chi connectivity index (χ0n) is 12.2. The highest BCUT2D eigenvalue weighted by Crippen LogP contribution is 2.35. The minimum Gasteiger partial charge on any atom is -0.374 e. The molecule has 1 N–H and O–H groups in total. The third kappa shape index (κ3) is 2.75. The molecule has 2 rings (SSSR count). The molecule has 1 heterocycles. The molecule has 5 nitrogen and oxygen atoms in total. The topological polar surface area (TPSA) is 68.1 Å². The fourth-order valence-corrected chi connectivity index (χ4v) is 2.92. The van der Waals surface area contributed by atoms with E-state index in [0.717, 1.165) is 28.1 Å². The first-order valence-electron chi connectivity index (χ1n) is 6.72. The molecule has 1 aromatic heterocycles. The molecule has 0 bridgehead atoms. The lowest BCUT2D eigenvalue weighted by Crippen LogP contribution is -2.33. The van der Waals surface area contributed by atoms with Gasteiger partial charge in [-0.15, -0.1) is 11.3 Å². The minimum atomic E-state index is -0.331. The molecule has 108 valence electrons. The van der Waals surface area contributed by atoms with E-state index in [2.05, 4.69) is 31.1 Å². The van der Waals surface area contributed by atoms with Gasteiger partial charge in [0.2, 0.25) is 0 Å². The summed E-state index contributed by atoms with van der Waals surface area (Å²) in [5.74, 6) is 0. The zero-order valence-corrected chi connectivity index (χ0v) is 13.0. The van der Waals surface area contributed by atoms with Gasteiger partial charge in [0.05, 0.1) is 20.1 Å². The molecule has 0 aliphatic heterocycles. The lowest BCUT2D eigenvalue weighted by Gasteiger charge is -2.29. The van der Waals surface area contributed by atoms with E-state index in [9.17, 15) is 10.1 Å². The Bertz CT molecular complexity index is 647. The Morgan fingerprint density at radius 1 is 1.40 bits per heavy atom. The van der Waals surface area contributed by atoms with Crippen molar-refractivity contribution in [3.05, 3.63) is 27.3 Å². The van der Waals surface area contributed by atoms with Crippen LogP contribution in [0.25, 0.3) is 10.2 Å². The number of aromatic nitrogens is 1. The Morgan fingerprint density at radius 3 is 2.60 bits per heavy atom. The summed E-state index contributed by atoms with van der Waals surface area (Å²) in [5.41, 5.74) is 1.34. The van der Waals surface area contributed by atoms with Crippen LogP contribution in [0.4, 0.5) is 11.4 Å². The van der Waals surface area contributed by atoms with Crippen LogP contribution in [0.15, 0.2) is 12.1 Å². The molecule has 0 atom stereocenters. The number of nitro benzene ring substituents is 1. The monoisotopic (exact) mass is 293 g/mol. The standard InChI is InChI=1S/C14H19N3O2S/c1-5-14(4,6-2)16-10-7-11-13(20-9(3)15-11)8-12(10)17(18)19/h7-8,16H,5-6H2,1-4H3. The van der Waals surface area contributed by atoms with Gasteiger partial charge in [-0.05, 0) is 32.8 Å². The normalized spacial score (nSPS) is 11.8. The van der Waals surface area contributed by atoms with E-state index in [0.29, 0.717) is 5.69 Å². The van der Waals surface area contributed by atoms with Crippen molar-refractivity contribution in [1.82, 2.24) is 4.98 Å². The maximum absolute atomic E-state index is 11.3. The highest BCUT2D eigenvalue weighted by atomic mass is 32.1. The number of thiazole rings is 1. The van der Waals surface area contributed by atoms with Crippen molar-refractivity contribution < 1.29 is 4.92 Å². The van der Waals surface area contributed by atoms with Gasteiger partial charge in [0.1, 0.15) is 5.69 Å². The molecular formula is C14H19N3O2S. The van der Waals surface area contributed by atoms with E-state index in [1.807, 2.05) is 6.92 Å². The second-order valence-corrected chi connectivity index (χ2v) is 6.45. The van der Waals surface area contributed by atoms with Gasteiger partial charge in [-0.2, -0.15) is 0 Å². The Labute approximate surface area is 122 Å². The molecule has 0 amide bonds. The van der Waals surface area contributed by atoms with Gasteiger partial charge < -0.3 is 5.32 Å². The van der Waals surface area contributed by atoms with E-state index in [1.54, 1.807) is 12.1 Å². The Balaban J connectivity index is 2.54. The van der Waals surface area contributed by atoms with E-state index in [1.165, 1.54) is 11.3 Å². The fraction of sp³-hybridized carbons (Fsp3) is 0.500. The number of hydrogen-bond acceptors (Lipinski definition) is 5. The highest BCUT2D eigenvalue weighted by Gasteiger charge is 2.25. The third-order valence-electron chi connectivity index (χ3n) is 3.81. The van der Waals surface area contributed by atoms with E-state index in [-0.39, 0.29) is 16.1 Å². The lowest BCUT2D eigenvalue weighted by atomic mass is 9.95. The van der Waals surface area contributed by atoms with E-state index >= 15 is 0 Å². The molecule has 0 spiro atoms. The van der Waals surface area contributed by atoms with Crippen molar-refractivity contribution in [2.24, 2.45) is 0 Å². The molecular weight excluding hydrogens is 274 g/mol. The number of nitro groups is 1. The quantitative estimate of drug-likeness (QED) is 0.651. The second kappa shape index (κ2) is 5.36. The van der Waals surface area contributed by atoms with Gasteiger partial charge >= 0.3 is 0 Å². The van der Waals surface area contributed by atoms with Crippen LogP contribution in [0.1, 0.15) is 38.6 Å². The number of aryl methyl sites for hydroxylation is 1. The summed E-state index contributed by atoms with van der Waals surface area (Å²) < 4.78 is 0.856. The van der Waals surface area contributed by atoms with Gasteiger partial charge in [0, 0.05) is 11.6 Å². The molecule has 2 aromatic rings. The zero-order chi connectivity index (χ0) is 14.9. The minimum absolute atomic E-state index is 0.120. The fourth-order valence-electron chi connectivity index (χ4n) is 2.08. The average Bonchev–Trinajstić information content (AvgIpc) is 2.76. The smallest absolute Gasteiger partial charge is 0.293 e. The summed E-state index contributed by atoms with van der Waals surface area (Å²) in [6.45, 7) is 8.14. The van der Waals surface area contributed by atoms with Crippen LogP contribution in [-0.4, -0.2) is 15.4 Å². The van der Waals surface area contributed by atoms with Gasteiger partial charge in [-0.1, -0.05) is 13.8 Å². The first kappa shape index (κ1) is 14.7. The second-order valence-electron chi connectivity index (χ2n) is 5.22. The molecule has 1 aromatic carbocycles. The number of hydrogen-bond donors (Lipinski definition) is 1. The van der Waals surface area contributed by atoms with Crippen LogP contribution in [-0.2, 0) is 0 Å². The summed E-state index contributed by atoms with van der Waals surface area (Å²) in [6.07, 6.45) is 1.80. The number of rotatable bonds is 5. The van der Waals surface area contributed by atoms with Crippen LogP contribution in [0.2, 0.25) is 0 Å². The molecule has 0 fully saturated rings. The van der Waals surface area contributed by atoms with Crippen LogP contribution < -0.4 is 5.32 Å². The van der Waals surface area contributed by atoms with Gasteiger partial charge in [0.15, 0.2) is 0 Å². The Morgan fingerprint density at radius 2 is 2.05 bits per heavy atom. The van der Waals surface area contributed by atoms with Crippen molar-refractivity contribution >= 4 is 32.9 Å². The van der Waals surface area contributed by atoms with E-state index in [4.69, 9.17) is 0 Å². The Hall–Kier alpha value is -1.69. The Kier molecular flexibility index (Phi) is 3.94. The molecule has 0 unspecified atom stereocenters. The summed E-state index contributed by atoms with van der Waals surface area (Å²) in [7, 11) is 0. The van der Waals surface area contributed by atoms with Crippen LogP contribution in [0, 0.1) is 17.0 Å². The van der Waals surface area contributed by atoms with Crippen LogP contribution in [0.3, 0.4) is 0 Å². The summed E-state index contributed by atoms with van der Waals surface area (Å²) in [4.78, 5) is 15.4. The van der Waals surface area contributed by atoms with Crippen LogP contribution >= 0.6 is 11.3 Å². The van der Waals surface area contributed by atoms with Gasteiger partial charge in [-0.3, -0.25) is 10.1 Å². The molecule has 0 aliphatic carbocycles. The lowest BCUT2D eigenvalue weighted by molar-refractivity contribution is -0.383. The average molecular weight is 293 g/mol. The number of fused-ring (bicyclic) bond motifs is 1. The van der Waals surface area contributed by atoms with Crippen molar-refractivity contribution in [3.8, 4) is 0 Å². The summed E-state index contributed by atoms with van der Waals surface area (Å²) in [6, 6.07) is 3.41. The van der Waals surface area contributed by atoms with Crippen molar-refractivity contribution in [1.29, 1.82) is 0 Å². The first-order chi connectivity index (χ1) is 9.38. The molecule has 20 heavy (non-hydrogen) atoms. The molecule has 0 aliphatic rings. The summed E-state index contributed by atoms with van der Waals surface area (Å²) in [5, 5.41) is 15.5. The number of nitrogens with zero attached hydrogens (tertiary/aromatic N) is 2. The largest absolute Gasteiger partial charge is 0.374 e. The van der Waals surface area contributed by atoms with Crippen molar-refractivity contribution in [2.75, 3.05) is 5.32 Å².